The fourth-order valence-corrected chi connectivity index (χ4v) is 3.65. The van der Waals surface area contributed by atoms with Gasteiger partial charge in [0, 0.05) is 19.3 Å². The van der Waals surface area contributed by atoms with E-state index in [1.54, 1.807) is 30.9 Å². The molecule has 1 atom stereocenters. The maximum absolute atomic E-state index is 12.3. The molecule has 0 spiro atoms. The Labute approximate surface area is 167 Å². The Bertz CT molecular complexity index is 794. The molecule has 1 aromatic heterocycles. The number of hydrogen-bond acceptors (Lipinski definition) is 6. The predicted octanol–water partition coefficient (Wildman–Crippen LogP) is 1.16. The van der Waals surface area contributed by atoms with Crippen molar-refractivity contribution >= 4 is 35.5 Å². The lowest BCUT2D eigenvalue weighted by atomic mass is 10.00. The van der Waals surface area contributed by atoms with Gasteiger partial charge in [0.25, 0.3) is 11.8 Å². The number of imide groups is 1. The summed E-state index contributed by atoms with van der Waals surface area (Å²) in [5, 5.41) is 3.86. The number of pyridine rings is 1. The third-order valence-corrected chi connectivity index (χ3v) is 5.88. The first-order chi connectivity index (χ1) is 13.3. The lowest BCUT2D eigenvalue weighted by Gasteiger charge is -2.19. The SMILES string of the molecule is CC[C@]1(C)NC(=O)N(NC(=O)CSc2ccc(C(=O)N3CCCC3)cn2)C1=O. The quantitative estimate of drug-likeness (QED) is 0.543. The summed E-state index contributed by atoms with van der Waals surface area (Å²) < 4.78 is 0. The van der Waals surface area contributed by atoms with Crippen LogP contribution in [-0.2, 0) is 9.59 Å². The number of nitrogens with zero attached hydrogens (tertiary/aromatic N) is 3. The molecule has 0 saturated carbocycles. The highest BCUT2D eigenvalue weighted by Crippen LogP contribution is 2.20. The van der Waals surface area contributed by atoms with Gasteiger partial charge in [-0.05, 0) is 38.3 Å². The van der Waals surface area contributed by atoms with Crippen LogP contribution in [0.25, 0.3) is 0 Å². The van der Waals surface area contributed by atoms with Gasteiger partial charge in [0.05, 0.1) is 16.3 Å². The number of carbonyl (C=O) groups excluding carboxylic acids is 4. The van der Waals surface area contributed by atoms with Crippen LogP contribution in [0.2, 0.25) is 0 Å². The maximum atomic E-state index is 12.3. The highest BCUT2D eigenvalue weighted by molar-refractivity contribution is 7.99. The Balaban J connectivity index is 1.51. The van der Waals surface area contributed by atoms with Crippen LogP contribution in [0.4, 0.5) is 4.79 Å². The summed E-state index contributed by atoms with van der Waals surface area (Å²) in [5.41, 5.74) is 1.85. The van der Waals surface area contributed by atoms with Gasteiger partial charge in [0.1, 0.15) is 5.54 Å². The normalized spacial score (nSPS) is 21.8. The zero-order chi connectivity index (χ0) is 20.3. The van der Waals surface area contributed by atoms with Crippen LogP contribution < -0.4 is 10.7 Å². The van der Waals surface area contributed by atoms with Crippen molar-refractivity contribution in [2.75, 3.05) is 18.8 Å². The minimum atomic E-state index is -1.00. The van der Waals surface area contributed by atoms with Crippen LogP contribution in [0, 0.1) is 0 Å². The topological polar surface area (TPSA) is 112 Å². The van der Waals surface area contributed by atoms with Crippen LogP contribution in [0.1, 0.15) is 43.5 Å². The van der Waals surface area contributed by atoms with Crippen molar-refractivity contribution in [2.45, 2.75) is 43.7 Å². The number of hydrazine groups is 1. The predicted molar refractivity (Wildman–Crippen MR) is 102 cm³/mol. The molecule has 2 saturated heterocycles. The fourth-order valence-electron chi connectivity index (χ4n) is 3.02. The van der Waals surface area contributed by atoms with Crippen molar-refractivity contribution < 1.29 is 19.2 Å². The van der Waals surface area contributed by atoms with E-state index in [1.807, 2.05) is 0 Å². The average Bonchev–Trinajstić information content (AvgIpc) is 3.30. The number of aromatic nitrogens is 1. The summed E-state index contributed by atoms with van der Waals surface area (Å²) in [5.74, 6) is -1.03. The molecule has 2 aliphatic heterocycles. The Hall–Kier alpha value is -2.62. The number of rotatable bonds is 6. The van der Waals surface area contributed by atoms with E-state index in [2.05, 4.69) is 15.7 Å². The molecule has 2 aliphatic rings. The lowest BCUT2D eigenvalue weighted by Crippen LogP contribution is -2.49. The molecule has 3 heterocycles. The Morgan fingerprint density at radius 3 is 2.57 bits per heavy atom. The van der Waals surface area contributed by atoms with Crippen molar-refractivity contribution in [3.05, 3.63) is 23.9 Å². The van der Waals surface area contributed by atoms with Crippen molar-refractivity contribution in [1.82, 2.24) is 25.6 Å². The average molecular weight is 405 g/mol. The van der Waals surface area contributed by atoms with E-state index in [0.29, 0.717) is 17.0 Å². The van der Waals surface area contributed by atoms with Gasteiger partial charge in [-0.15, -0.1) is 0 Å². The molecule has 10 heteroatoms. The molecule has 3 rings (SSSR count). The third kappa shape index (κ3) is 4.11. The molecule has 0 bridgehead atoms. The van der Waals surface area contributed by atoms with Gasteiger partial charge in [-0.2, -0.15) is 5.01 Å². The van der Waals surface area contributed by atoms with E-state index in [-0.39, 0.29) is 11.7 Å². The molecule has 0 aromatic carbocycles. The number of thioether (sulfide) groups is 1. The van der Waals surface area contributed by atoms with E-state index < -0.39 is 23.4 Å². The summed E-state index contributed by atoms with van der Waals surface area (Å²) in [7, 11) is 0. The van der Waals surface area contributed by atoms with Crippen LogP contribution in [0.3, 0.4) is 0 Å². The van der Waals surface area contributed by atoms with Crippen LogP contribution in [0.5, 0.6) is 0 Å². The second kappa shape index (κ2) is 8.17. The monoisotopic (exact) mass is 405 g/mol. The number of amides is 5. The van der Waals surface area contributed by atoms with E-state index in [9.17, 15) is 19.2 Å². The van der Waals surface area contributed by atoms with Crippen LogP contribution in [-0.4, -0.2) is 63.0 Å². The maximum Gasteiger partial charge on any atom is 0.344 e. The van der Waals surface area contributed by atoms with Crippen LogP contribution >= 0.6 is 11.8 Å². The molecular formula is C18H23N5O4S. The second-order valence-corrected chi connectivity index (χ2v) is 7.96. The van der Waals surface area contributed by atoms with Crippen molar-refractivity contribution in [3.8, 4) is 0 Å². The Morgan fingerprint density at radius 2 is 2.00 bits per heavy atom. The molecule has 2 fully saturated rings. The van der Waals surface area contributed by atoms with Crippen molar-refractivity contribution in [1.29, 1.82) is 0 Å². The summed E-state index contributed by atoms with van der Waals surface area (Å²) >= 11 is 1.15. The second-order valence-electron chi connectivity index (χ2n) is 6.96. The minimum Gasteiger partial charge on any atom is -0.339 e. The highest BCUT2D eigenvalue weighted by atomic mass is 32.2. The molecule has 150 valence electrons. The summed E-state index contributed by atoms with van der Waals surface area (Å²) in [6.07, 6.45) is 3.98. The first-order valence-corrected chi connectivity index (χ1v) is 10.2. The molecule has 28 heavy (non-hydrogen) atoms. The largest absolute Gasteiger partial charge is 0.344 e. The van der Waals surface area contributed by atoms with Crippen molar-refractivity contribution in [2.24, 2.45) is 0 Å². The van der Waals surface area contributed by atoms with Gasteiger partial charge < -0.3 is 10.2 Å². The summed E-state index contributed by atoms with van der Waals surface area (Å²) in [6, 6.07) is 2.73. The van der Waals surface area contributed by atoms with Gasteiger partial charge >= 0.3 is 6.03 Å². The molecular weight excluding hydrogens is 382 g/mol. The standard InChI is InChI=1S/C18H23N5O4S/c1-3-18(2)16(26)23(17(27)20-18)21-13(24)11-28-14-7-6-12(10-19-14)15(25)22-8-4-5-9-22/h6-7,10H,3-5,8-9,11H2,1-2H3,(H,20,27)(H,21,24)/t18-/m0/s1. The fraction of sp³-hybridized carbons (Fsp3) is 0.500. The van der Waals surface area contributed by atoms with Gasteiger partial charge in [-0.1, -0.05) is 18.7 Å². The molecule has 2 N–H and O–H groups in total. The molecule has 9 nitrogen and oxygen atoms in total. The smallest absolute Gasteiger partial charge is 0.339 e. The van der Waals surface area contributed by atoms with Gasteiger partial charge in [-0.25, -0.2) is 9.78 Å². The molecule has 5 amide bonds. The zero-order valence-corrected chi connectivity index (χ0v) is 16.7. The number of carbonyl (C=O) groups is 4. The molecule has 1 aromatic rings. The lowest BCUT2D eigenvalue weighted by molar-refractivity contribution is -0.137. The minimum absolute atomic E-state index is 0.0215. The van der Waals surface area contributed by atoms with E-state index in [0.717, 1.165) is 42.7 Å². The van der Waals surface area contributed by atoms with E-state index in [4.69, 9.17) is 0 Å². The summed E-state index contributed by atoms with van der Waals surface area (Å²) in [6.45, 7) is 4.94. The van der Waals surface area contributed by atoms with Gasteiger partial charge in [-0.3, -0.25) is 19.8 Å². The molecule has 0 radical (unpaired) electrons. The third-order valence-electron chi connectivity index (χ3n) is 4.93. The summed E-state index contributed by atoms with van der Waals surface area (Å²) in [4.78, 5) is 54.6. The number of urea groups is 1. The van der Waals surface area contributed by atoms with E-state index >= 15 is 0 Å². The highest BCUT2D eigenvalue weighted by Gasteiger charge is 2.47. The van der Waals surface area contributed by atoms with Gasteiger partial charge in [0.2, 0.25) is 5.91 Å². The number of nitrogens with one attached hydrogen (secondary N) is 2. The van der Waals surface area contributed by atoms with Crippen LogP contribution in [0.15, 0.2) is 23.4 Å². The Kier molecular flexibility index (Phi) is 5.87. The number of likely N-dealkylation sites (tertiary alicyclic amines) is 1. The first-order valence-electron chi connectivity index (χ1n) is 9.18. The zero-order valence-electron chi connectivity index (χ0n) is 15.9. The number of hydrogen-bond donors (Lipinski definition) is 2. The molecule has 0 unspecified atom stereocenters. The first kappa shape index (κ1) is 20.1. The van der Waals surface area contributed by atoms with E-state index in [1.165, 1.54) is 6.20 Å². The Morgan fingerprint density at radius 1 is 1.29 bits per heavy atom. The molecule has 0 aliphatic carbocycles. The van der Waals surface area contributed by atoms with Crippen molar-refractivity contribution in [3.63, 3.8) is 0 Å². The van der Waals surface area contributed by atoms with Gasteiger partial charge in [0.15, 0.2) is 0 Å².